The number of hydrogen-bond acceptors (Lipinski definition) is 5. The van der Waals surface area contributed by atoms with E-state index in [1.807, 2.05) is 48.5 Å². The molecule has 3 aromatic carbocycles. The summed E-state index contributed by atoms with van der Waals surface area (Å²) in [6, 6.07) is 24.2. The number of carbonyl (C=O) groups is 1. The van der Waals surface area contributed by atoms with Gasteiger partial charge >= 0.3 is 5.97 Å². The molecule has 5 nitrogen and oxygen atoms in total. The number of esters is 1. The summed E-state index contributed by atoms with van der Waals surface area (Å²) in [7, 11) is 3.07. The average Bonchev–Trinajstić information content (AvgIpc) is 2.79. The summed E-state index contributed by atoms with van der Waals surface area (Å²) in [6.07, 6.45) is -0.214. The molecule has 1 heterocycles. The number of methoxy groups -OCH3 is 2. The summed E-state index contributed by atoms with van der Waals surface area (Å²) >= 11 is 3.60. The molecule has 1 N–H and O–H groups in total. The predicted octanol–water partition coefficient (Wildman–Crippen LogP) is 5.15. The van der Waals surface area contributed by atoms with Crippen LogP contribution in [0.1, 0.15) is 28.9 Å². The van der Waals surface area contributed by atoms with Crippen molar-refractivity contribution in [1.29, 1.82) is 0 Å². The first-order valence-electron chi connectivity index (χ1n) is 9.68. The van der Waals surface area contributed by atoms with E-state index in [4.69, 9.17) is 9.47 Å². The maximum atomic E-state index is 12.4. The second-order valence-electron chi connectivity index (χ2n) is 7.11. The molecule has 4 rings (SSSR count). The zero-order valence-corrected chi connectivity index (χ0v) is 18.4. The van der Waals surface area contributed by atoms with Gasteiger partial charge in [-0.3, -0.25) is 9.69 Å². The molecule has 0 aliphatic carbocycles. The lowest BCUT2D eigenvalue weighted by Gasteiger charge is -2.44. The molecule has 154 valence electrons. The zero-order chi connectivity index (χ0) is 21.1. The molecule has 0 unspecified atom stereocenters. The van der Waals surface area contributed by atoms with Crippen LogP contribution in [0, 0.1) is 0 Å². The van der Waals surface area contributed by atoms with Gasteiger partial charge in [0, 0.05) is 10.2 Å². The smallest absolute Gasteiger partial charge is 0.319 e. The highest BCUT2D eigenvalue weighted by molar-refractivity contribution is 9.10. The maximum Gasteiger partial charge on any atom is 0.319 e. The SMILES string of the molecule is COC(=O)CN1[C@@H](c2ccccc2)c2cc(Br)ccc2N[C@H]1c1ccc(OC)cc1. The normalized spacial score (nSPS) is 18.2. The Balaban J connectivity index is 1.86. The molecule has 0 aromatic heterocycles. The van der Waals surface area contributed by atoms with Gasteiger partial charge in [0.25, 0.3) is 0 Å². The van der Waals surface area contributed by atoms with Gasteiger partial charge in [0.05, 0.1) is 26.8 Å². The summed E-state index contributed by atoms with van der Waals surface area (Å²) in [5.74, 6) is 0.507. The van der Waals surface area contributed by atoms with Crippen molar-refractivity contribution < 1.29 is 14.3 Å². The van der Waals surface area contributed by atoms with E-state index in [2.05, 4.69) is 50.4 Å². The summed E-state index contributed by atoms with van der Waals surface area (Å²) in [6.45, 7) is 0.145. The predicted molar refractivity (Wildman–Crippen MR) is 121 cm³/mol. The Labute approximate surface area is 184 Å². The topological polar surface area (TPSA) is 50.8 Å². The standard InChI is InChI=1S/C24H23BrN2O3/c1-29-19-11-8-17(9-12-19)24-26-21-13-10-18(25)14-20(21)23(16-6-4-3-5-7-16)27(24)15-22(28)30-2/h3-14,23-24,26H,15H2,1-2H3/t23-,24+/m0/s1. The van der Waals surface area contributed by atoms with E-state index < -0.39 is 0 Å². The van der Waals surface area contributed by atoms with E-state index in [1.54, 1.807) is 7.11 Å². The van der Waals surface area contributed by atoms with Crippen LogP contribution in [0.4, 0.5) is 5.69 Å². The summed E-state index contributed by atoms with van der Waals surface area (Å²) in [4.78, 5) is 14.5. The second kappa shape index (κ2) is 8.90. The fraction of sp³-hybridized carbons (Fsp3) is 0.208. The molecule has 0 fully saturated rings. The Bertz CT molecular complexity index is 1020. The number of rotatable bonds is 5. The number of carbonyl (C=O) groups excluding carboxylic acids is 1. The number of nitrogens with one attached hydrogen (secondary N) is 1. The van der Waals surface area contributed by atoms with Crippen LogP contribution in [-0.2, 0) is 9.53 Å². The molecule has 0 bridgehead atoms. The van der Waals surface area contributed by atoms with Crippen LogP contribution in [0.25, 0.3) is 0 Å². The van der Waals surface area contributed by atoms with Crippen molar-refractivity contribution in [2.45, 2.75) is 12.2 Å². The lowest BCUT2D eigenvalue weighted by Crippen LogP contribution is -2.44. The zero-order valence-electron chi connectivity index (χ0n) is 16.8. The largest absolute Gasteiger partial charge is 0.497 e. The van der Waals surface area contributed by atoms with Gasteiger partial charge in [0.1, 0.15) is 11.9 Å². The van der Waals surface area contributed by atoms with E-state index >= 15 is 0 Å². The third kappa shape index (κ3) is 4.06. The van der Waals surface area contributed by atoms with Crippen molar-refractivity contribution in [3.63, 3.8) is 0 Å². The maximum absolute atomic E-state index is 12.4. The van der Waals surface area contributed by atoms with E-state index in [1.165, 1.54) is 7.11 Å². The molecule has 2 atom stereocenters. The minimum atomic E-state index is -0.283. The number of halogens is 1. The number of ether oxygens (including phenoxy) is 2. The first-order chi connectivity index (χ1) is 14.6. The molecule has 0 radical (unpaired) electrons. The third-order valence-electron chi connectivity index (χ3n) is 5.35. The van der Waals surface area contributed by atoms with Crippen LogP contribution >= 0.6 is 15.9 Å². The fourth-order valence-corrected chi connectivity index (χ4v) is 4.29. The van der Waals surface area contributed by atoms with Gasteiger partial charge in [0.2, 0.25) is 0 Å². The van der Waals surface area contributed by atoms with Crippen LogP contribution < -0.4 is 10.1 Å². The quantitative estimate of drug-likeness (QED) is 0.527. The Morgan fingerprint density at radius 1 is 1.00 bits per heavy atom. The number of benzene rings is 3. The van der Waals surface area contributed by atoms with Gasteiger partial charge < -0.3 is 14.8 Å². The average molecular weight is 467 g/mol. The van der Waals surface area contributed by atoms with Crippen molar-refractivity contribution in [3.05, 3.63) is 94.0 Å². The highest BCUT2D eigenvalue weighted by atomic mass is 79.9. The molecule has 3 aromatic rings. The van der Waals surface area contributed by atoms with Crippen molar-refractivity contribution in [1.82, 2.24) is 4.90 Å². The van der Waals surface area contributed by atoms with Crippen molar-refractivity contribution in [3.8, 4) is 5.75 Å². The van der Waals surface area contributed by atoms with Gasteiger partial charge in [0.15, 0.2) is 0 Å². The molecule has 1 aliphatic heterocycles. The van der Waals surface area contributed by atoms with Gasteiger partial charge in [-0.05, 0) is 47.0 Å². The summed E-state index contributed by atoms with van der Waals surface area (Å²) < 4.78 is 11.3. The van der Waals surface area contributed by atoms with Crippen LogP contribution in [-0.4, -0.2) is 31.6 Å². The molecule has 0 spiro atoms. The second-order valence-corrected chi connectivity index (χ2v) is 8.03. The Kier molecular flexibility index (Phi) is 6.06. The lowest BCUT2D eigenvalue weighted by atomic mass is 9.91. The highest BCUT2D eigenvalue weighted by Gasteiger charge is 2.37. The molecular formula is C24H23BrN2O3. The van der Waals surface area contributed by atoms with Crippen molar-refractivity contribution >= 4 is 27.6 Å². The molecule has 0 saturated heterocycles. The van der Waals surface area contributed by atoms with Gasteiger partial charge in [-0.2, -0.15) is 0 Å². The van der Waals surface area contributed by atoms with E-state index in [-0.39, 0.29) is 24.7 Å². The Hall–Kier alpha value is -2.83. The van der Waals surface area contributed by atoms with Crippen LogP contribution in [0.5, 0.6) is 5.75 Å². The molecule has 0 saturated carbocycles. The van der Waals surface area contributed by atoms with Crippen LogP contribution in [0.15, 0.2) is 77.3 Å². The monoisotopic (exact) mass is 466 g/mol. The molecule has 30 heavy (non-hydrogen) atoms. The number of anilines is 1. The van der Waals surface area contributed by atoms with E-state index in [0.29, 0.717) is 0 Å². The van der Waals surface area contributed by atoms with Crippen LogP contribution in [0.3, 0.4) is 0 Å². The third-order valence-corrected chi connectivity index (χ3v) is 5.84. The van der Waals surface area contributed by atoms with Crippen molar-refractivity contribution in [2.75, 3.05) is 26.1 Å². The first-order valence-corrected chi connectivity index (χ1v) is 10.5. The van der Waals surface area contributed by atoms with Crippen molar-refractivity contribution in [2.24, 2.45) is 0 Å². The summed E-state index contributed by atoms with van der Waals surface area (Å²) in [5.41, 5.74) is 4.29. The van der Waals surface area contributed by atoms with Gasteiger partial charge in [-0.25, -0.2) is 0 Å². The Morgan fingerprint density at radius 2 is 1.73 bits per heavy atom. The molecular weight excluding hydrogens is 444 g/mol. The van der Waals surface area contributed by atoms with Gasteiger partial charge in [-0.1, -0.05) is 58.4 Å². The minimum absolute atomic E-state index is 0.119. The first kappa shape index (κ1) is 20.4. The summed E-state index contributed by atoms with van der Waals surface area (Å²) in [5, 5.41) is 3.61. The van der Waals surface area contributed by atoms with Crippen LogP contribution in [0.2, 0.25) is 0 Å². The molecule has 6 heteroatoms. The van der Waals surface area contributed by atoms with E-state index in [9.17, 15) is 4.79 Å². The lowest BCUT2D eigenvalue weighted by molar-refractivity contribution is -0.143. The van der Waals surface area contributed by atoms with E-state index in [0.717, 1.165) is 32.6 Å². The Morgan fingerprint density at radius 3 is 2.40 bits per heavy atom. The minimum Gasteiger partial charge on any atom is -0.497 e. The highest BCUT2D eigenvalue weighted by Crippen LogP contribution is 2.44. The fourth-order valence-electron chi connectivity index (χ4n) is 3.91. The van der Waals surface area contributed by atoms with Gasteiger partial charge in [-0.15, -0.1) is 0 Å². The number of nitrogens with zero attached hydrogens (tertiary/aromatic N) is 1. The molecule has 1 aliphatic rings. The molecule has 0 amide bonds. The number of hydrogen-bond donors (Lipinski definition) is 1. The number of fused-ring (bicyclic) bond motifs is 1.